The molecule has 1 aromatic rings. The third-order valence-corrected chi connectivity index (χ3v) is 3.27. The standard InChI is InChI=1S/C15H20N2/c1-12(17-13-8-4-3-5-9-13)14-10-6-7-11-15(14)16-2/h3-5,8-9,17H,6-7,10-11H2,1-2H3. The monoisotopic (exact) mass is 228 g/mol. The van der Waals surface area contributed by atoms with Gasteiger partial charge in [-0.2, -0.15) is 0 Å². The van der Waals surface area contributed by atoms with Crippen molar-refractivity contribution in [3.8, 4) is 0 Å². The van der Waals surface area contributed by atoms with Crippen LogP contribution < -0.4 is 5.32 Å². The predicted octanol–water partition coefficient (Wildman–Crippen LogP) is 4.02. The van der Waals surface area contributed by atoms with Crippen LogP contribution in [0.3, 0.4) is 0 Å². The van der Waals surface area contributed by atoms with Crippen LogP contribution in [0.4, 0.5) is 5.69 Å². The van der Waals surface area contributed by atoms with Crippen molar-refractivity contribution in [3.63, 3.8) is 0 Å². The molecule has 2 heteroatoms. The Morgan fingerprint density at radius 3 is 2.53 bits per heavy atom. The van der Waals surface area contributed by atoms with Gasteiger partial charge < -0.3 is 5.32 Å². The zero-order valence-corrected chi connectivity index (χ0v) is 10.7. The van der Waals surface area contributed by atoms with E-state index in [4.69, 9.17) is 0 Å². The molecule has 1 N–H and O–H groups in total. The fourth-order valence-electron chi connectivity index (χ4n) is 2.35. The number of nitrogens with one attached hydrogen (secondary N) is 1. The Hall–Kier alpha value is -1.57. The molecule has 0 unspecified atom stereocenters. The Morgan fingerprint density at radius 1 is 1.12 bits per heavy atom. The van der Waals surface area contributed by atoms with E-state index in [1.165, 1.54) is 29.8 Å². The molecule has 1 saturated carbocycles. The molecular weight excluding hydrogens is 208 g/mol. The fourth-order valence-corrected chi connectivity index (χ4v) is 2.35. The van der Waals surface area contributed by atoms with Crippen LogP contribution in [0.2, 0.25) is 0 Å². The second-order valence-corrected chi connectivity index (χ2v) is 4.47. The number of rotatable bonds is 2. The Morgan fingerprint density at radius 2 is 1.82 bits per heavy atom. The lowest BCUT2D eigenvalue weighted by atomic mass is 9.91. The van der Waals surface area contributed by atoms with Crippen molar-refractivity contribution < 1.29 is 0 Å². The number of allylic oxidation sites excluding steroid dienone is 2. The second-order valence-electron chi connectivity index (χ2n) is 4.47. The number of benzene rings is 1. The van der Waals surface area contributed by atoms with E-state index in [0.29, 0.717) is 0 Å². The third-order valence-electron chi connectivity index (χ3n) is 3.27. The molecule has 90 valence electrons. The molecule has 2 nitrogen and oxygen atoms in total. The quantitative estimate of drug-likeness (QED) is 0.812. The Labute approximate surface area is 103 Å². The highest BCUT2D eigenvalue weighted by Crippen LogP contribution is 2.24. The van der Waals surface area contributed by atoms with Crippen LogP contribution in [-0.4, -0.2) is 12.8 Å². The van der Waals surface area contributed by atoms with Gasteiger partial charge in [0.15, 0.2) is 0 Å². The molecule has 0 atom stereocenters. The lowest BCUT2D eigenvalue weighted by Crippen LogP contribution is -2.14. The SMILES string of the molecule is CN=C1CCCCC1=C(C)Nc1ccccc1. The molecule has 0 bridgehead atoms. The first-order chi connectivity index (χ1) is 8.31. The minimum Gasteiger partial charge on any atom is -0.359 e. The lowest BCUT2D eigenvalue weighted by Gasteiger charge is -2.20. The summed E-state index contributed by atoms with van der Waals surface area (Å²) < 4.78 is 0. The summed E-state index contributed by atoms with van der Waals surface area (Å²) >= 11 is 0. The van der Waals surface area contributed by atoms with Gasteiger partial charge in [0, 0.05) is 24.1 Å². The van der Waals surface area contributed by atoms with Crippen molar-refractivity contribution in [1.82, 2.24) is 0 Å². The Kier molecular flexibility index (Phi) is 3.97. The highest BCUT2D eigenvalue weighted by molar-refractivity contribution is 6.01. The van der Waals surface area contributed by atoms with Crippen LogP contribution in [-0.2, 0) is 0 Å². The van der Waals surface area contributed by atoms with Crippen molar-refractivity contribution >= 4 is 11.4 Å². The lowest BCUT2D eigenvalue weighted by molar-refractivity contribution is 0.727. The molecule has 0 saturated heterocycles. The molecular formula is C15H20N2. The molecule has 1 aliphatic rings. The van der Waals surface area contributed by atoms with Crippen molar-refractivity contribution in [2.45, 2.75) is 32.6 Å². The van der Waals surface area contributed by atoms with Gasteiger partial charge in [-0.25, -0.2) is 0 Å². The smallest absolute Gasteiger partial charge is 0.0394 e. The maximum Gasteiger partial charge on any atom is 0.0394 e. The van der Waals surface area contributed by atoms with Crippen molar-refractivity contribution in [3.05, 3.63) is 41.6 Å². The van der Waals surface area contributed by atoms with Crippen LogP contribution in [0.25, 0.3) is 0 Å². The van der Waals surface area contributed by atoms with E-state index in [0.717, 1.165) is 18.5 Å². The summed E-state index contributed by atoms with van der Waals surface area (Å²) in [4.78, 5) is 4.41. The summed E-state index contributed by atoms with van der Waals surface area (Å²) in [6.45, 7) is 2.15. The van der Waals surface area contributed by atoms with E-state index in [1.54, 1.807) is 0 Å². The number of hydrogen-bond donors (Lipinski definition) is 1. The van der Waals surface area contributed by atoms with Crippen LogP contribution in [0, 0.1) is 0 Å². The third kappa shape index (κ3) is 2.96. The van der Waals surface area contributed by atoms with Crippen LogP contribution >= 0.6 is 0 Å². The number of anilines is 1. The van der Waals surface area contributed by atoms with Gasteiger partial charge in [0.05, 0.1) is 0 Å². The minimum atomic E-state index is 1.12. The first-order valence-electron chi connectivity index (χ1n) is 6.29. The highest BCUT2D eigenvalue weighted by atomic mass is 14.9. The zero-order chi connectivity index (χ0) is 12.1. The number of para-hydroxylation sites is 1. The molecule has 1 fully saturated rings. The first-order valence-corrected chi connectivity index (χ1v) is 6.29. The summed E-state index contributed by atoms with van der Waals surface area (Å²) in [5.74, 6) is 0. The van der Waals surface area contributed by atoms with Gasteiger partial charge in [0.25, 0.3) is 0 Å². The Balaban J connectivity index is 2.19. The van der Waals surface area contributed by atoms with Crippen LogP contribution in [0.15, 0.2) is 46.6 Å². The summed E-state index contributed by atoms with van der Waals surface area (Å²) in [6.07, 6.45) is 4.83. The maximum atomic E-state index is 4.41. The summed E-state index contributed by atoms with van der Waals surface area (Å²) in [6, 6.07) is 10.3. The number of hydrogen-bond acceptors (Lipinski definition) is 2. The minimum absolute atomic E-state index is 1.12. The molecule has 0 aromatic heterocycles. The molecule has 0 spiro atoms. The molecule has 2 rings (SSSR count). The molecule has 1 aliphatic carbocycles. The summed E-state index contributed by atoms with van der Waals surface area (Å²) in [7, 11) is 1.90. The highest BCUT2D eigenvalue weighted by Gasteiger charge is 2.15. The molecule has 0 aliphatic heterocycles. The van der Waals surface area contributed by atoms with Crippen molar-refractivity contribution in [2.24, 2.45) is 4.99 Å². The normalized spacial score (nSPS) is 21.4. The van der Waals surface area contributed by atoms with Gasteiger partial charge in [-0.05, 0) is 50.3 Å². The largest absolute Gasteiger partial charge is 0.359 e. The fraction of sp³-hybridized carbons (Fsp3) is 0.400. The van der Waals surface area contributed by atoms with Gasteiger partial charge in [-0.3, -0.25) is 4.99 Å². The predicted molar refractivity (Wildman–Crippen MR) is 74.6 cm³/mol. The van der Waals surface area contributed by atoms with E-state index < -0.39 is 0 Å². The van der Waals surface area contributed by atoms with E-state index in [-0.39, 0.29) is 0 Å². The van der Waals surface area contributed by atoms with E-state index in [1.807, 2.05) is 13.1 Å². The molecule has 0 amide bonds. The molecule has 0 radical (unpaired) electrons. The molecule has 17 heavy (non-hydrogen) atoms. The van der Waals surface area contributed by atoms with E-state index >= 15 is 0 Å². The number of nitrogens with zero attached hydrogens (tertiary/aromatic N) is 1. The van der Waals surface area contributed by atoms with Crippen LogP contribution in [0.5, 0.6) is 0 Å². The average molecular weight is 228 g/mol. The van der Waals surface area contributed by atoms with Crippen LogP contribution in [0.1, 0.15) is 32.6 Å². The van der Waals surface area contributed by atoms with E-state index in [9.17, 15) is 0 Å². The summed E-state index contributed by atoms with van der Waals surface area (Å²) in [5, 5.41) is 3.47. The average Bonchev–Trinajstić information content (AvgIpc) is 2.40. The number of aliphatic imine (C=N–C) groups is 1. The Bertz CT molecular complexity index is 429. The van der Waals surface area contributed by atoms with Gasteiger partial charge in [0.1, 0.15) is 0 Å². The van der Waals surface area contributed by atoms with Gasteiger partial charge in [0.2, 0.25) is 0 Å². The summed E-state index contributed by atoms with van der Waals surface area (Å²) in [5.41, 5.74) is 5.08. The first kappa shape index (κ1) is 11.9. The van der Waals surface area contributed by atoms with Gasteiger partial charge >= 0.3 is 0 Å². The van der Waals surface area contributed by atoms with Crippen molar-refractivity contribution in [2.75, 3.05) is 12.4 Å². The van der Waals surface area contributed by atoms with Gasteiger partial charge in [-0.1, -0.05) is 18.2 Å². The molecule has 0 heterocycles. The zero-order valence-electron chi connectivity index (χ0n) is 10.7. The van der Waals surface area contributed by atoms with E-state index in [2.05, 4.69) is 41.5 Å². The topological polar surface area (TPSA) is 24.4 Å². The molecule has 1 aromatic carbocycles. The van der Waals surface area contributed by atoms with Crippen molar-refractivity contribution in [1.29, 1.82) is 0 Å². The second kappa shape index (κ2) is 5.67. The van der Waals surface area contributed by atoms with Gasteiger partial charge in [-0.15, -0.1) is 0 Å². The maximum absolute atomic E-state index is 4.41.